The van der Waals surface area contributed by atoms with E-state index < -0.39 is 0 Å². The Balaban J connectivity index is 1.79. The zero-order valence-corrected chi connectivity index (χ0v) is 13.5. The van der Waals surface area contributed by atoms with Gasteiger partial charge >= 0.3 is 6.03 Å². The van der Waals surface area contributed by atoms with Crippen LogP contribution < -0.4 is 5.32 Å². The van der Waals surface area contributed by atoms with Gasteiger partial charge in [-0.25, -0.2) is 4.79 Å². The molecule has 0 saturated carbocycles. The zero-order chi connectivity index (χ0) is 14.4. The highest BCUT2D eigenvalue weighted by Gasteiger charge is 2.25. The number of amides is 2. The van der Waals surface area contributed by atoms with Crippen LogP contribution in [0.4, 0.5) is 4.79 Å². The lowest BCUT2D eigenvalue weighted by atomic mass is 10.1. The molecule has 0 aromatic carbocycles. The van der Waals surface area contributed by atoms with Gasteiger partial charge in [0, 0.05) is 44.0 Å². The minimum Gasteiger partial charge on any atom is -0.379 e. The number of carbonyl (C=O) groups is 1. The predicted octanol–water partition coefficient (Wildman–Crippen LogP) is 1.24. The fourth-order valence-electron chi connectivity index (χ4n) is 2.66. The van der Waals surface area contributed by atoms with Gasteiger partial charge in [0.05, 0.1) is 13.2 Å². The molecule has 0 spiro atoms. The summed E-state index contributed by atoms with van der Waals surface area (Å²) in [4.78, 5) is 16.7. The molecule has 1 N–H and O–H groups in total. The molecule has 2 amide bonds. The van der Waals surface area contributed by atoms with Crippen molar-refractivity contribution in [2.24, 2.45) is 0 Å². The van der Waals surface area contributed by atoms with Crippen LogP contribution >= 0.6 is 11.8 Å². The monoisotopic (exact) mass is 301 g/mol. The summed E-state index contributed by atoms with van der Waals surface area (Å²) < 4.78 is 5.38. The van der Waals surface area contributed by atoms with Crippen LogP contribution in [-0.4, -0.2) is 78.8 Å². The Hall–Kier alpha value is -0.460. The van der Waals surface area contributed by atoms with E-state index in [1.54, 1.807) is 0 Å². The number of nitrogens with zero attached hydrogens (tertiary/aromatic N) is 2. The highest BCUT2D eigenvalue weighted by atomic mass is 32.2. The molecule has 0 aliphatic carbocycles. The van der Waals surface area contributed by atoms with Gasteiger partial charge in [-0.2, -0.15) is 11.8 Å². The fraction of sp³-hybridized carbons (Fsp3) is 0.929. The number of ether oxygens (including phenoxy) is 1. The van der Waals surface area contributed by atoms with Crippen molar-refractivity contribution in [1.29, 1.82) is 0 Å². The van der Waals surface area contributed by atoms with Crippen LogP contribution in [0.3, 0.4) is 0 Å². The van der Waals surface area contributed by atoms with E-state index in [2.05, 4.69) is 24.1 Å². The second-order valence-corrected chi connectivity index (χ2v) is 6.80. The Bertz CT molecular complexity index is 303. The van der Waals surface area contributed by atoms with Crippen LogP contribution in [0.2, 0.25) is 0 Å². The molecule has 2 aliphatic rings. The molecule has 2 atom stereocenters. The molecular formula is C14H27N3O2S. The molecule has 2 saturated heterocycles. The molecule has 2 unspecified atom stereocenters. The number of nitrogens with one attached hydrogen (secondary N) is 1. The van der Waals surface area contributed by atoms with Crippen LogP contribution in [0.5, 0.6) is 0 Å². The van der Waals surface area contributed by atoms with E-state index >= 15 is 0 Å². The van der Waals surface area contributed by atoms with Gasteiger partial charge in [0.25, 0.3) is 0 Å². The summed E-state index contributed by atoms with van der Waals surface area (Å²) in [5.41, 5.74) is 0. The van der Waals surface area contributed by atoms with Gasteiger partial charge in [0.2, 0.25) is 0 Å². The van der Waals surface area contributed by atoms with E-state index in [0.29, 0.717) is 6.04 Å². The largest absolute Gasteiger partial charge is 0.379 e. The molecule has 6 heteroatoms. The number of urea groups is 1. The Kier molecular flexibility index (Phi) is 6.45. The van der Waals surface area contributed by atoms with Crippen molar-refractivity contribution in [1.82, 2.24) is 15.1 Å². The third kappa shape index (κ3) is 4.53. The first kappa shape index (κ1) is 15.9. The summed E-state index contributed by atoms with van der Waals surface area (Å²) >= 11 is 1.94. The van der Waals surface area contributed by atoms with Gasteiger partial charge in [0.1, 0.15) is 0 Å². The minimum atomic E-state index is 0.0973. The van der Waals surface area contributed by atoms with Crippen molar-refractivity contribution in [3.8, 4) is 0 Å². The zero-order valence-electron chi connectivity index (χ0n) is 12.6. The van der Waals surface area contributed by atoms with E-state index in [-0.39, 0.29) is 12.1 Å². The van der Waals surface area contributed by atoms with E-state index in [1.807, 2.05) is 16.7 Å². The Morgan fingerprint density at radius 1 is 1.15 bits per heavy atom. The lowest BCUT2D eigenvalue weighted by Gasteiger charge is -2.36. The van der Waals surface area contributed by atoms with Gasteiger partial charge in [-0.15, -0.1) is 0 Å². The maximum Gasteiger partial charge on any atom is 0.317 e. The SMILES string of the molecule is CC(NC(=O)N1CCCSCC1)C(C)N1CCOCC1. The minimum absolute atomic E-state index is 0.0973. The number of morpholine rings is 1. The van der Waals surface area contributed by atoms with Crippen molar-refractivity contribution in [2.45, 2.75) is 32.4 Å². The second kappa shape index (κ2) is 8.10. The number of rotatable bonds is 3. The molecule has 20 heavy (non-hydrogen) atoms. The van der Waals surface area contributed by atoms with Crippen molar-refractivity contribution in [3.63, 3.8) is 0 Å². The summed E-state index contributed by atoms with van der Waals surface area (Å²) in [6.45, 7) is 9.57. The average molecular weight is 301 g/mol. The lowest BCUT2D eigenvalue weighted by molar-refractivity contribution is 0.0141. The lowest BCUT2D eigenvalue weighted by Crippen LogP contribution is -2.54. The first-order valence-electron chi connectivity index (χ1n) is 7.63. The van der Waals surface area contributed by atoms with Crippen molar-refractivity contribution < 1.29 is 9.53 Å². The van der Waals surface area contributed by atoms with Crippen LogP contribution in [-0.2, 0) is 4.74 Å². The number of hydrogen-bond acceptors (Lipinski definition) is 4. The number of hydrogen-bond donors (Lipinski definition) is 1. The van der Waals surface area contributed by atoms with E-state index in [9.17, 15) is 4.79 Å². The third-order valence-electron chi connectivity index (χ3n) is 4.21. The van der Waals surface area contributed by atoms with Gasteiger partial charge < -0.3 is 15.0 Å². The number of carbonyl (C=O) groups excluding carboxylic acids is 1. The smallest absolute Gasteiger partial charge is 0.317 e. The Morgan fingerprint density at radius 3 is 2.65 bits per heavy atom. The quantitative estimate of drug-likeness (QED) is 0.852. The third-order valence-corrected chi connectivity index (χ3v) is 5.25. The normalized spacial score (nSPS) is 24.8. The van der Waals surface area contributed by atoms with Crippen LogP contribution in [0, 0.1) is 0 Å². The first-order valence-corrected chi connectivity index (χ1v) is 8.79. The van der Waals surface area contributed by atoms with Gasteiger partial charge in [-0.05, 0) is 26.0 Å². The van der Waals surface area contributed by atoms with Gasteiger partial charge in [-0.3, -0.25) is 4.90 Å². The molecule has 2 aliphatic heterocycles. The van der Waals surface area contributed by atoms with E-state index in [4.69, 9.17) is 4.74 Å². The van der Waals surface area contributed by atoms with Gasteiger partial charge in [-0.1, -0.05) is 0 Å². The predicted molar refractivity (Wildman–Crippen MR) is 83.4 cm³/mol. The molecule has 2 fully saturated rings. The van der Waals surface area contributed by atoms with Crippen LogP contribution in [0.25, 0.3) is 0 Å². The van der Waals surface area contributed by atoms with Crippen molar-refractivity contribution in [2.75, 3.05) is 50.9 Å². The summed E-state index contributed by atoms with van der Waals surface area (Å²) in [6, 6.07) is 0.612. The molecule has 0 bridgehead atoms. The maximum absolute atomic E-state index is 12.3. The molecule has 2 rings (SSSR count). The molecule has 5 nitrogen and oxygen atoms in total. The van der Waals surface area contributed by atoms with Crippen molar-refractivity contribution >= 4 is 17.8 Å². The first-order chi connectivity index (χ1) is 9.68. The fourth-order valence-corrected chi connectivity index (χ4v) is 3.54. The highest BCUT2D eigenvalue weighted by Crippen LogP contribution is 2.11. The Labute approximate surface area is 126 Å². The Morgan fingerprint density at radius 2 is 1.90 bits per heavy atom. The summed E-state index contributed by atoms with van der Waals surface area (Å²) in [6.07, 6.45) is 1.10. The standard InChI is InChI=1S/C14H27N3O2S/c1-12(13(2)16-5-8-19-9-6-16)15-14(18)17-4-3-10-20-11-7-17/h12-13H,3-11H2,1-2H3,(H,15,18). The number of thioether (sulfide) groups is 1. The maximum atomic E-state index is 12.3. The summed E-state index contributed by atoms with van der Waals surface area (Å²) in [5.74, 6) is 2.23. The molecular weight excluding hydrogens is 274 g/mol. The van der Waals surface area contributed by atoms with Gasteiger partial charge in [0.15, 0.2) is 0 Å². The molecule has 0 aromatic heterocycles. The van der Waals surface area contributed by atoms with Crippen LogP contribution in [0.1, 0.15) is 20.3 Å². The topological polar surface area (TPSA) is 44.8 Å². The molecule has 116 valence electrons. The molecule has 2 heterocycles. The summed E-state index contributed by atoms with van der Waals surface area (Å²) in [7, 11) is 0. The van der Waals surface area contributed by atoms with Crippen molar-refractivity contribution in [3.05, 3.63) is 0 Å². The van der Waals surface area contributed by atoms with E-state index in [0.717, 1.165) is 51.6 Å². The summed E-state index contributed by atoms with van der Waals surface area (Å²) in [5, 5.41) is 3.17. The highest BCUT2D eigenvalue weighted by molar-refractivity contribution is 7.99. The molecule has 0 radical (unpaired) electrons. The van der Waals surface area contributed by atoms with Crippen LogP contribution in [0.15, 0.2) is 0 Å². The van der Waals surface area contributed by atoms with E-state index in [1.165, 1.54) is 5.75 Å². The second-order valence-electron chi connectivity index (χ2n) is 5.58. The average Bonchev–Trinajstić information content (AvgIpc) is 2.76. The molecule has 0 aromatic rings.